The van der Waals surface area contributed by atoms with Crippen molar-refractivity contribution in [1.82, 2.24) is 5.32 Å². The molecule has 1 amide bonds. The van der Waals surface area contributed by atoms with E-state index in [-0.39, 0.29) is 58.7 Å². The predicted molar refractivity (Wildman–Crippen MR) is 49.9 cm³/mol. The van der Waals surface area contributed by atoms with Crippen LogP contribution in [-0.2, 0) is 14.3 Å². The summed E-state index contributed by atoms with van der Waals surface area (Å²) in [7, 11) is 0. The molecule has 15 heavy (non-hydrogen) atoms. The first-order valence-corrected chi connectivity index (χ1v) is 4.82. The Hall–Kier alpha value is 0.536. The number of ether oxygens (including phenoxy) is 1. The molecule has 82 valence electrons. The number of carbonyl (C=O) groups is 2. The molecule has 0 aromatic heterocycles. The summed E-state index contributed by atoms with van der Waals surface area (Å²) in [5.41, 5.74) is 0. The van der Waals surface area contributed by atoms with Crippen LogP contribution in [0.5, 0.6) is 0 Å². The van der Waals surface area contributed by atoms with Crippen molar-refractivity contribution in [3.05, 3.63) is 0 Å². The molecule has 0 bridgehead atoms. The number of amides is 1. The normalized spacial score (nSPS) is 22.7. The van der Waals surface area contributed by atoms with E-state index in [2.05, 4.69) is 17.0 Å². The second kappa shape index (κ2) is 7.75. The van der Waals surface area contributed by atoms with Gasteiger partial charge in [-0.25, -0.2) is 4.79 Å². The van der Waals surface area contributed by atoms with Crippen LogP contribution in [0.1, 0.15) is 27.6 Å². The molecule has 5 nitrogen and oxygen atoms in total. The Labute approximate surface area is 133 Å². The van der Waals surface area contributed by atoms with E-state index in [1.807, 2.05) is 0 Å². The van der Waals surface area contributed by atoms with E-state index in [9.17, 15) is 9.59 Å². The summed E-state index contributed by atoms with van der Waals surface area (Å²) in [5, 5.41) is 11.1. The molecule has 0 spiro atoms. The molecule has 1 aliphatic rings. The Morgan fingerprint density at radius 1 is 1.40 bits per heavy atom. The summed E-state index contributed by atoms with van der Waals surface area (Å²) in [6.45, 7) is 2.67. The van der Waals surface area contributed by atoms with E-state index in [0.717, 1.165) is 19.3 Å². The van der Waals surface area contributed by atoms with Gasteiger partial charge in [-0.15, -0.1) is 0 Å². The second-order valence-electron chi connectivity index (χ2n) is 3.31. The van der Waals surface area contributed by atoms with Crippen molar-refractivity contribution in [3.63, 3.8) is 0 Å². The smallest absolute Gasteiger partial charge is 1.00 e. The van der Waals surface area contributed by atoms with E-state index in [0.29, 0.717) is 6.54 Å². The van der Waals surface area contributed by atoms with Gasteiger partial charge in [-0.3, -0.25) is 4.79 Å². The van der Waals surface area contributed by atoms with E-state index >= 15 is 0 Å². The zero-order chi connectivity index (χ0) is 10.6. The molecule has 0 saturated carbocycles. The standard InChI is InChI=1S/C9H15NO4.K.H/c1-2-3-4-5-10-8(11)6-7(14-6)9(12)13;;/h6-7H,2-5H2,1H3,(H,10,11)(H,12,13);;/q;+1;-1. The maximum atomic E-state index is 11.2. The molecule has 1 rings (SSSR count). The molecule has 1 aliphatic heterocycles. The van der Waals surface area contributed by atoms with Crippen LogP contribution in [0.15, 0.2) is 0 Å². The first kappa shape index (κ1) is 15.5. The first-order valence-electron chi connectivity index (χ1n) is 4.82. The fraction of sp³-hybridized carbons (Fsp3) is 0.778. The van der Waals surface area contributed by atoms with Crippen LogP contribution in [0.4, 0.5) is 0 Å². The molecule has 2 N–H and O–H groups in total. The molecule has 0 aliphatic carbocycles. The van der Waals surface area contributed by atoms with E-state index < -0.39 is 18.2 Å². The molecule has 0 aromatic rings. The summed E-state index contributed by atoms with van der Waals surface area (Å²) in [4.78, 5) is 21.5. The maximum absolute atomic E-state index is 11.2. The SMILES string of the molecule is CCCCCNC(=O)C1OC1C(=O)O.[H-].[K+]. The molecular formula is C9H16KNO4. The zero-order valence-corrected chi connectivity index (χ0v) is 12.3. The van der Waals surface area contributed by atoms with Gasteiger partial charge in [0.1, 0.15) is 0 Å². The predicted octanol–water partition coefficient (Wildman–Crippen LogP) is -2.74. The fourth-order valence-electron chi connectivity index (χ4n) is 1.19. The molecular weight excluding hydrogens is 225 g/mol. The van der Waals surface area contributed by atoms with Crippen LogP contribution in [0.2, 0.25) is 0 Å². The van der Waals surface area contributed by atoms with Gasteiger partial charge < -0.3 is 16.6 Å². The third kappa shape index (κ3) is 5.42. The summed E-state index contributed by atoms with van der Waals surface area (Å²) >= 11 is 0. The molecule has 6 heteroatoms. The summed E-state index contributed by atoms with van der Waals surface area (Å²) in [5.74, 6) is -1.38. The number of carboxylic acids is 1. The Bertz CT molecular complexity index is 240. The largest absolute Gasteiger partial charge is 1.00 e. The Kier molecular flexibility index (Phi) is 8.03. The average molecular weight is 241 g/mol. The van der Waals surface area contributed by atoms with Gasteiger partial charge in [-0.2, -0.15) is 0 Å². The number of aliphatic carboxylic acids is 1. The number of carbonyl (C=O) groups excluding carboxylic acids is 1. The van der Waals surface area contributed by atoms with Gasteiger partial charge in [-0.05, 0) is 6.42 Å². The van der Waals surface area contributed by atoms with Gasteiger partial charge >= 0.3 is 57.4 Å². The monoisotopic (exact) mass is 241 g/mol. The molecule has 2 atom stereocenters. The van der Waals surface area contributed by atoms with Gasteiger partial charge in [0.05, 0.1) is 0 Å². The zero-order valence-electron chi connectivity index (χ0n) is 10.2. The van der Waals surface area contributed by atoms with E-state index in [1.165, 1.54) is 0 Å². The Balaban J connectivity index is 0. The third-order valence-electron chi connectivity index (χ3n) is 2.07. The molecule has 1 saturated heterocycles. The molecule has 0 aromatic carbocycles. The van der Waals surface area contributed by atoms with Crippen molar-refractivity contribution in [3.8, 4) is 0 Å². The Morgan fingerprint density at radius 3 is 2.53 bits per heavy atom. The minimum atomic E-state index is -1.07. The number of rotatable bonds is 6. The fourth-order valence-corrected chi connectivity index (χ4v) is 1.19. The number of unbranched alkanes of at least 4 members (excludes halogenated alkanes) is 2. The van der Waals surface area contributed by atoms with Gasteiger partial charge in [0.15, 0.2) is 12.2 Å². The summed E-state index contributed by atoms with van der Waals surface area (Å²) < 4.78 is 4.69. The minimum Gasteiger partial charge on any atom is -1.00 e. The van der Waals surface area contributed by atoms with Crippen LogP contribution in [0, 0.1) is 0 Å². The van der Waals surface area contributed by atoms with Crippen molar-refractivity contribution in [2.45, 2.75) is 38.4 Å². The van der Waals surface area contributed by atoms with Gasteiger partial charge in [0, 0.05) is 6.54 Å². The Morgan fingerprint density at radius 2 is 2.07 bits per heavy atom. The molecule has 1 fully saturated rings. The van der Waals surface area contributed by atoms with Gasteiger partial charge in [0.25, 0.3) is 5.91 Å². The van der Waals surface area contributed by atoms with Crippen molar-refractivity contribution in [2.75, 3.05) is 6.54 Å². The third-order valence-corrected chi connectivity index (χ3v) is 2.07. The van der Waals surface area contributed by atoms with Crippen LogP contribution < -0.4 is 56.7 Å². The quantitative estimate of drug-likeness (QED) is 0.300. The average Bonchev–Trinajstić information content (AvgIpc) is 2.91. The van der Waals surface area contributed by atoms with Crippen LogP contribution in [0.3, 0.4) is 0 Å². The number of carboxylic acid groups (broad SMARTS) is 1. The van der Waals surface area contributed by atoms with Crippen LogP contribution in [0.25, 0.3) is 0 Å². The molecule has 2 unspecified atom stereocenters. The van der Waals surface area contributed by atoms with Crippen molar-refractivity contribution >= 4 is 11.9 Å². The molecule has 0 radical (unpaired) electrons. The number of nitrogens with one attached hydrogen (secondary N) is 1. The summed E-state index contributed by atoms with van der Waals surface area (Å²) in [6, 6.07) is 0. The first-order chi connectivity index (χ1) is 6.66. The van der Waals surface area contributed by atoms with Gasteiger partial charge in [-0.1, -0.05) is 19.8 Å². The maximum Gasteiger partial charge on any atom is 1.00 e. The van der Waals surface area contributed by atoms with Crippen LogP contribution >= 0.6 is 0 Å². The summed E-state index contributed by atoms with van der Waals surface area (Å²) in [6.07, 6.45) is 1.38. The van der Waals surface area contributed by atoms with Gasteiger partial charge in [0.2, 0.25) is 0 Å². The minimum absolute atomic E-state index is 0. The second-order valence-corrected chi connectivity index (χ2v) is 3.31. The van der Waals surface area contributed by atoms with Crippen LogP contribution in [-0.4, -0.2) is 35.7 Å². The number of epoxide rings is 1. The molecule has 1 heterocycles. The van der Waals surface area contributed by atoms with E-state index in [1.54, 1.807) is 0 Å². The van der Waals surface area contributed by atoms with Crippen molar-refractivity contribution in [1.29, 1.82) is 0 Å². The van der Waals surface area contributed by atoms with E-state index in [4.69, 9.17) is 5.11 Å². The topological polar surface area (TPSA) is 78.9 Å². The van der Waals surface area contributed by atoms with Crippen molar-refractivity contribution in [2.24, 2.45) is 0 Å². The van der Waals surface area contributed by atoms with Crippen molar-refractivity contribution < 1.29 is 72.2 Å². The number of hydrogen-bond donors (Lipinski definition) is 2. The number of hydrogen-bond acceptors (Lipinski definition) is 3.